The third kappa shape index (κ3) is 4.15. The third-order valence-corrected chi connectivity index (χ3v) is 4.34. The zero-order valence-electron chi connectivity index (χ0n) is 15.4. The molecule has 0 saturated heterocycles. The van der Waals surface area contributed by atoms with E-state index in [1.54, 1.807) is 13.2 Å². The number of nitrogens with one attached hydrogen (secondary N) is 1. The zero-order valence-corrected chi connectivity index (χ0v) is 15.4. The lowest BCUT2D eigenvalue weighted by Crippen LogP contribution is -2.23. The quantitative estimate of drug-likeness (QED) is 0.621. The zero-order chi connectivity index (χ0) is 19.2. The van der Waals surface area contributed by atoms with Gasteiger partial charge in [0.2, 0.25) is 0 Å². The number of fused-ring (bicyclic) bond motifs is 1. The van der Waals surface area contributed by atoms with Gasteiger partial charge in [-0.05, 0) is 30.3 Å². The molecule has 138 valence electrons. The molecule has 2 aromatic carbocycles. The Bertz CT molecular complexity index is 1010. The van der Waals surface area contributed by atoms with Gasteiger partial charge >= 0.3 is 0 Å². The predicted molar refractivity (Wildman–Crippen MR) is 110 cm³/mol. The van der Waals surface area contributed by atoms with E-state index >= 15 is 0 Å². The van der Waals surface area contributed by atoms with Crippen LogP contribution in [0, 0.1) is 0 Å². The van der Waals surface area contributed by atoms with Gasteiger partial charge in [0.1, 0.15) is 11.6 Å². The predicted octanol–water partition coefficient (Wildman–Crippen LogP) is 3.77. The second-order valence-electron chi connectivity index (χ2n) is 6.23. The second kappa shape index (κ2) is 8.47. The fraction of sp³-hybridized carbons (Fsp3) is 0.182. The number of hydrogen-bond donors (Lipinski definition) is 1. The lowest BCUT2D eigenvalue weighted by atomic mass is 10.1. The lowest BCUT2D eigenvalue weighted by molar-refractivity contribution is 0.318. The third-order valence-electron chi connectivity index (χ3n) is 4.34. The van der Waals surface area contributed by atoms with Crippen LogP contribution in [0.2, 0.25) is 0 Å². The molecule has 0 bridgehead atoms. The summed E-state index contributed by atoms with van der Waals surface area (Å²) in [6.07, 6.45) is 3.73. The highest BCUT2D eigenvalue weighted by atomic mass is 16.5. The van der Waals surface area contributed by atoms with Crippen molar-refractivity contribution in [2.45, 2.75) is 6.54 Å². The number of H-pyrrole nitrogens is 1. The Morgan fingerprint density at radius 1 is 1.15 bits per heavy atom. The molecule has 0 spiro atoms. The molecule has 1 N–H and O–H groups in total. The normalized spacial score (nSPS) is 10.9. The fourth-order valence-electron chi connectivity index (χ4n) is 3.08. The van der Waals surface area contributed by atoms with Gasteiger partial charge in [-0.3, -0.25) is 9.69 Å². The first-order chi connectivity index (χ1) is 13.2. The van der Waals surface area contributed by atoms with Crippen LogP contribution in [0.15, 0.2) is 72.6 Å². The van der Waals surface area contributed by atoms with E-state index in [4.69, 9.17) is 4.74 Å². The molecule has 0 atom stereocenters. The van der Waals surface area contributed by atoms with Gasteiger partial charge in [0, 0.05) is 30.8 Å². The summed E-state index contributed by atoms with van der Waals surface area (Å²) in [4.78, 5) is 22.1. The Morgan fingerprint density at radius 3 is 2.59 bits per heavy atom. The van der Waals surface area contributed by atoms with E-state index in [0.29, 0.717) is 23.3 Å². The number of para-hydroxylation sites is 1. The molecule has 27 heavy (non-hydrogen) atoms. The highest BCUT2D eigenvalue weighted by Crippen LogP contribution is 2.26. The van der Waals surface area contributed by atoms with Crippen molar-refractivity contribution in [3.63, 3.8) is 0 Å². The molecule has 0 fully saturated rings. The molecule has 0 unspecified atom stereocenters. The molecule has 5 heteroatoms. The topological polar surface area (TPSA) is 58.2 Å². The fourth-order valence-corrected chi connectivity index (χ4v) is 3.08. The summed E-state index contributed by atoms with van der Waals surface area (Å²) < 4.78 is 5.52. The summed E-state index contributed by atoms with van der Waals surface area (Å²) in [6, 6.07) is 13.1. The number of aromatic nitrogens is 2. The van der Waals surface area contributed by atoms with E-state index in [1.165, 1.54) is 0 Å². The van der Waals surface area contributed by atoms with E-state index in [9.17, 15) is 4.79 Å². The van der Waals surface area contributed by atoms with Crippen LogP contribution in [0.1, 0.15) is 5.56 Å². The van der Waals surface area contributed by atoms with Crippen LogP contribution < -0.4 is 10.3 Å². The minimum absolute atomic E-state index is 0.145. The minimum atomic E-state index is -0.145. The summed E-state index contributed by atoms with van der Waals surface area (Å²) in [7, 11) is 1.65. The smallest absolute Gasteiger partial charge is 0.259 e. The van der Waals surface area contributed by atoms with Gasteiger partial charge in [-0.25, -0.2) is 4.98 Å². The molecule has 0 aliphatic carbocycles. The van der Waals surface area contributed by atoms with E-state index in [-0.39, 0.29) is 5.56 Å². The molecular formula is C22H23N3O2. The molecular weight excluding hydrogens is 338 g/mol. The maximum atomic E-state index is 12.4. The van der Waals surface area contributed by atoms with Gasteiger partial charge in [-0.15, -0.1) is 13.2 Å². The molecule has 0 aliphatic rings. The molecule has 5 nitrogen and oxygen atoms in total. The van der Waals surface area contributed by atoms with Crippen molar-refractivity contribution in [3.8, 4) is 17.1 Å². The van der Waals surface area contributed by atoms with Crippen molar-refractivity contribution in [2.75, 3.05) is 20.2 Å². The van der Waals surface area contributed by atoms with Crippen LogP contribution in [0.25, 0.3) is 22.3 Å². The summed E-state index contributed by atoms with van der Waals surface area (Å²) in [6.45, 7) is 9.78. The molecule has 0 amide bonds. The van der Waals surface area contributed by atoms with Gasteiger partial charge in [0.05, 0.1) is 18.0 Å². The first kappa shape index (κ1) is 18.6. The van der Waals surface area contributed by atoms with Gasteiger partial charge in [-0.2, -0.15) is 0 Å². The number of nitrogens with zero attached hydrogens (tertiary/aromatic N) is 2. The number of methoxy groups -OCH3 is 1. The van der Waals surface area contributed by atoms with Crippen molar-refractivity contribution >= 4 is 10.9 Å². The number of aromatic amines is 1. The summed E-state index contributed by atoms with van der Waals surface area (Å²) in [5.74, 6) is 1.33. The Balaban J connectivity index is 2.03. The minimum Gasteiger partial charge on any atom is -0.496 e. The highest BCUT2D eigenvalue weighted by Gasteiger charge is 2.12. The lowest BCUT2D eigenvalue weighted by Gasteiger charge is -2.20. The van der Waals surface area contributed by atoms with Crippen molar-refractivity contribution in [1.82, 2.24) is 14.9 Å². The van der Waals surface area contributed by atoms with Gasteiger partial charge in [-0.1, -0.05) is 24.3 Å². The number of benzene rings is 2. The highest BCUT2D eigenvalue weighted by molar-refractivity contribution is 5.79. The van der Waals surface area contributed by atoms with Crippen LogP contribution in [-0.2, 0) is 6.54 Å². The van der Waals surface area contributed by atoms with E-state index in [2.05, 4.69) is 28.0 Å². The number of rotatable bonds is 8. The first-order valence-corrected chi connectivity index (χ1v) is 8.76. The maximum Gasteiger partial charge on any atom is 0.259 e. The SMILES string of the molecule is C=CCN(CC=C)Cc1cc(-c2nc3ccccc3c(=O)[nH]2)ccc1OC. The monoisotopic (exact) mass is 361 g/mol. The number of ether oxygens (including phenoxy) is 1. The molecule has 1 heterocycles. The van der Waals surface area contributed by atoms with Crippen LogP contribution in [0.4, 0.5) is 0 Å². The maximum absolute atomic E-state index is 12.4. The van der Waals surface area contributed by atoms with Gasteiger partial charge in [0.15, 0.2) is 0 Å². The molecule has 0 saturated carbocycles. The summed E-state index contributed by atoms with van der Waals surface area (Å²) in [5, 5.41) is 0.582. The van der Waals surface area contributed by atoms with Crippen LogP contribution in [0.5, 0.6) is 5.75 Å². The molecule has 3 rings (SSSR count). The average molecular weight is 361 g/mol. The largest absolute Gasteiger partial charge is 0.496 e. The van der Waals surface area contributed by atoms with Crippen molar-refractivity contribution in [1.29, 1.82) is 0 Å². The summed E-state index contributed by atoms with van der Waals surface area (Å²) in [5.41, 5.74) is 2.38. The van der Waals surface area contributed by atoms with Crippen LogP contribution >= 0.6 is 0 Å². The van der Waals surface area contributed by atoms with Gasteiger partial charge < -0.3 is 9.72 Å². The van der Waals surface area contributed by atoms with E-state index in [0.717, 1.165) is 30.0 Å². The van der Waals surface area contributed by atoms with Crippen LogP contribution in [0.3, 0.4) is 0 Å². The second-order valence-corrected chi connectivity index (χ2v) is 6.23. The Morgan fingerprint density at radius 2 is 1.89 bits per heavy atom. The van der Waals surface area contributed by atoms with Crippen molar-refractivity contribution < 1.29 is 4.74 Å². The Hall–Kier alpha value is -3.18. The molecule has 3 aromatic rings. The standard InChI is InChI=1S/C22H23N3O2/c1-4-12-25(13-5-2)15-17-14-16(10-11-20(17)27-3)21-23-19-9-7-6-8-18(19)22(26)24-21/h4-11,14H,1-2,12-13,15H2,3H3,(H,23,24,26). The average Bonchev–Trinajstić information content (AvgIpc) is 2.68. The van der Waals surface area contributed by atoms with E-state index < -0.39 is 0 Å². The van der Waals surface area contributed by atoms with Crippen molar-refractivity contribution in [2.24, 2.45) is 0 Å². The first-order valence-electron chi connectivity index (χ1n) is 8.76. The van der Waals surface area contributed by atoms with Crippen molar-refractivity contribution in [3.05, 3.63) is 83.7 Å². The summed E-state index contributed by atoms with van der Waals surface area (Å²) >= 11 is 0. The van der Waals surface area contributed by atoms with E-state index in [1.807, 2.05) is 48.6 Å². The Kier molecular flexibility index (Phi) is 5.84. The number of hydrogen-bond acceptors (Lipinski definition) is 4. The molecule has 0 aliphatic heterocycles. The Labute approximate surface area is 158 Å². The van der Waals surface area contributed by atoms with Gasteiger partial charge in [0.25, 0.3) is 5.56 Å². The van der Waals surface area contributed by atoms with Crippen LogP contribution in [-0.4, -0.2) is 35.1 Å². The molecule has 0 radical (unpaired) electrons. The molecule has 1 aromatic heterocycles.